The molecule has 0 aliphatic rings. The number of carbonyl (C=O) groups excluding carboxylic acids is 2. The average molecular weight is 181 g/mol. The number of anilines is 1. The van der Waals surface area contributed by atoms with Crippen LogP contribution in [0, 0.1) is 0 Å². The highest BCUT2D eigenvalue weighted by atomic mass is 16.1. The molecule has 0 saturated heterocycles. The number of aromatic nitrogens is 2. The van der Waals surface area contributed by atoms with E-state index >= 15 is 0 Å². The summed E-state index contributed by atoms with van der Waals surface area (Å²) in [5, 5.41) is 6.52. The van der Waals surface area contributed by atoms with Gasteiger partial charge in [0, 0.05) is 32.2 Å². The third-order valence-corrected chi connectivity index (χ3v) is 1.47. The van der Waals surface area contributed by atoms with E-state index in [4.69, 9.17) is 0 Å². The van der Waals surface area contributed by atoms with Crippen LogP contribution in [0.1, 0.15) is 12.8 Å². The van der Waals surface area contributed by atoms with Crippen molar-refractivity contribution in [2.45, 2.75) is 12.8 Å². The molecule has 1 heterocycles. The normalized spacial score (nSPS) is 9.62. The quantitative estimate of drug-likeness (QED) is 0.681. The minimum absolute atomic E-state index is 0.189. The molecule has 1 amide bonds. The van der Waals surface area contributed by atoms with Gasteiger partial charge in [0.25, 0.3) is 0 Å². The van der Waals surface area contributed by atoms with Gasteiger partial charge < -0.3 is 10.1 Å². The first-order chi connectivity index (χ1) is 6.22. The van der Waals surface area contributed by atoms with E-state index in [1.807, 2.05) is 0 Å². The fraction of sp³-hybridized carbons (Fsp3) is 0.375. The summed E-state index contributed by atoms with van der Waals surface area (Å²) in [6, 6.07) is 1.69. The predicted molar refractivity (Wildman–Crippen MR) is 47.1 cm³/mol. The number of amides is 1. The summed E-state index contributed by atoms with van der Waals surface area (Å²) >= 11 is 0. The standard InChI is InChI=1S/C8H11N3O2/c1-11-5-4-7(10-11)9-8(13)3-2-6-12/h4-6H,2-3H2,1H3,(H,9,10,13). The third kappa shape index (κ3) is 3.06. The monoisotopic (exact) mass is 181 g/mol. The van der Waals surface area contributed by atoms with E-state index in [1.165, 1.54) is 0 Å². The van der Waals surface area contributed by atoms with E-state index in [1.54, 1.807) is 24.0 Å². The van der Waals surface area contributed by atoms with Crippen LogP contribution in [0.5, 0.6) is 0 Å². The van der Waals surface area contributed by atoms with Crippen molar-refractivity contribution >= 4 is 18.0 Å². The van der Waals surface area contributed by atoms with E-state index in [2.05, 4.69) is 10.4 Å². The second-order valence-electron chi connectivity index (χ2n) is 2.63. The number of nitrogens with zero attached hydrogens (tertiary/aromatic N) is 2. The summed E-state index contributed by atoms with van der Waals surface area (Å²) < 4.78 is 1.59. The molecule has 5 heteroatoms. The summed E-state index contributed by atoms with van der Waals surface area (Å²) in [5.74, 6) is 0.323. The van der Waals surface area contributed by atoms with E-state index in [0.717, 1.165) is 6.29 Å². The molecule has 0 fully saturated rings. The van der Waals surface area contributed by atoms with Crippen LogP contribution in [0.15, 0.2) is 12.3 Å². The van der Waals surface area contributed by atoms with Crippen LogP contribution in [-0.2, 0) is 16.6 Å². The number of aryl methyl sites for hydroxylation is 1. The van der Waals surface area contributed by atoms with Gasteiger partial charge in [-0.15, -0.1) is 0 Å². The molecule has 5 nitrogen and oxygen atoms in total. The number of hydrogen-bond donors (Lipinski definition) is 1. The molecule has 0 aliphatic heterocycles. The topological polar surface area (TPSA) is 64.0 Å². The Hall–Kier alpha value is -1.65. The Morgan fingerprint density at radius 3 is 3.08 bits per heavy atom. The fourth-order valence-corrected chi connectivity index (χ4v) is 0.877. The third-order valence-electron chi connectivity index (χ3n) is 1.47. The zero-order valence-corrected chi connectivity index (χ0v) is 7.36. The van der Waals surface area contributed by atoms with Crippen molar-refractivity contribution in [3.05, 3.63) is 12.3 Å². The molecule has 0 bridgehead atoms. The Balaban J connectivity index is 2.40. The van der Waals surface area contributed by atoms with Crippen molar-refractivity contribution in [1.29, 1.82) is 0 Å². The second kappa shape index (κ2) is 4.39. The molecule has 0 atom stereocenters. The highest BCUT2D eigenvalue weighted by molar-refractivity contribution is 5.90. The molecular weight excluding hydrogens is 170 g/mol. The van der Waals surface area contributed by atoms with Gasteiger partial charge in [0.1, 0.15) is 6.29 Å². The lowest BCUT2D eigenvalue weighted by Gasteiger charge is -1.97. The summed E-state index contributed by atoms with van der Waals surface area (Å²) in [7, 11) is 1.76. The molecule has 70 valence electrons. The first-order valence-electron chi connectivity index (χ1n) is 3.95. The van der Waals surface area contributed by atoms with Crippen LogP contribution >= 0.6 is 0 Å². The Morgan fingerprint density at radius 1 is 1.77 bits per heavy atom. The molecule has 0 saturated carbocycles. The minimum Gasteiger partial charge on any atom is -0.309 e. The Bertz CT molecular complexity index is 306. The van der Waals surface area contributed by atoms with Crippen LogP contribution in [0.2, 0.25) is 0 Å². The maximum atomic E-state index is 11.1. The minimum atomic E-state index is -0.189. The fourth-order valence-electron chi connectivity index (χ4n) is 0.877. The van der Waals surface area contributed by atoms with Crippen LogP contribution in [-0.4, -0.2) is 22.0 Å². The summed E-state index contributed by atoms with van der Waals surface area (Å²) in [6.45, 7) is 0. The molecular formula is C8H11N3O2. The van der Waals surface area contributed by atoms with Crippen LogP contribution in [0.3, 0.4) is 0 Å². The van der Waals surface area contributed by atoms with Gasteiger partial charge in [0.05, 0.1) is 0 Å². The molecule has 0 aliphatic carbocycles. The van der Waals surface area contributed by atoms with Gasteiger partial charge in [-0.3, -0.25) is 9.48 Å². The van der Waals surface area contributed by atoms with Crippen molar-refractivity contribution in [1.82, 2.24) is 9.78 Å². The zero-order chi connectivity index (χ0) is 9.68. The number of rotatable bonds is 4. The molecule has 13 heavy (non-hydrogen) atoms. The Labute approximate surface area is 75.7 Å². The van der Waals surface area contributed by atoms with Gasteiger partial charge in [0.15, 0.2) is 5.82 Å². The average Bonchev–Trinajstić information content (AvgIpc) is 2.48. The highest BCUT2D eigenvalue weighted by Gasteiger charge is 2.02. The number of hydrogen-bond acceptors (Lipinski definition) is 3. The molecule has 1 aromatic heterocycles. The number of aldehydes is 1. The lowest BCUT2D eigenvalue weighted by molar-refractivity contribution is -0.118. The summed E-state index contributed by atoms with van der Waals surface area (Å²) in [4.78, 5) is 21.0. The molecule has 1 N–H and O–H groups in total. The van der Waals surface area contributed by atoms with Crippen molar-refractivity contribution in [2.24, 2.45) is 7.05 Å². The SMILES string of the molecule is Cn1ccc(NC(=O)CCC=O)n1. The van der Waals surface area contributed by atoms with Gasteiger partial charge in [-0.05, 0) is 0 Å². The molecule has 0 radical (unpaired) electrons. The van der Waals surface area contributed by atoms with Crippen molar-refractivity contribution in [3.63, 3.8) is 0 Å². The predicted octanol–water partition coefficient (Wildman–Crippen LogP) is 0.338. The smallest absolute Gasteiger partial charge is 0.226 e. The highest BCUT2D eigenvalue weighted by Crippen LogP contribution is 2.01. The van der Waals surface area contributed by atoms with Crippen molar-refractivity contribution in [2.75, 3.05) is 5.32 Å². The first kappa shape index (κ1) is 9.44. The summed E-state index contributed by atoms with van der Waals surface area (Å²) in [5.41, 5.74) is 0. The largest absolute Gasteiger partial charge is 0.309 e. The van der Waals surface area contributed by atoms with E-state index in [9.17, 15) is 9.59 Å². The maximum Gasteiger partial charge on any atom is 0.226 e. The van der Waals surface area contributed by atoms with Gasteiger partial charge in [0.2, 0.25) is 5.91 Å². The van der Waals surface area contributed by atoms with Crippen LogP contribution in [0.25, 0.3) is 0 Å². The van der Waals surface area contributed by atoms with E-state index in [-0.39, 0.29) is 18.7 Å². The Morgan fingerprint density at radius 2 is 2.54 bits per heavy atom. The van der Waals surface area contributed by atoms with Gasteiger partial charge in [-0.2, -0.15) is 5.10 Å². The second-order valence-corrected chi connectivity index (χ2v) is 2.63. The van der Waals surface area contributed by atoms with E-state index < -0.39 is 0 Å². The van der Waals surface area contributed by atoms with Crippen LogP contribution < -0.4 is 5.32 Å². The molecule has 1 rings (SSSR count). The molecule has 0 aromatic carbocycles. The van der Waals surface area contributed by atoms with Crippen LogP contribution in [0.4, 0.5) is 5.82 Å². The van der Waals surface area contributed by atoms with Crippen molar-refractivity contribution < 1.29 is 9.59 Å². The Kier molecular flexibility index (Phi) is 3.19. The van der Waals surface area contributed by atoms with Gasteiger partial charge in [-0.25, -0.2) is 0 Å². The van der Waals surface area contributed by atoms with Gasteiger partial charge in [-0.1, -0.05) is 0 Å². The number of carbonyl (C=O) groups is 2. The number of nitrogens with one attached hydrogen (secondary N) is 1. The lowest BCUT2D eigenvalue weighted by Crippen LogP contribution is -2.11. The zero-order valence-electron chi connectivity index (χ0n) is 7.36. The maximum absolute atomic E-state index is 11.1. The lowest BCUT2D eigenvalue weighted by atomic mass is 10.3. The molecule has 1 aromatic rings. The molecule has 0 unspecified atom stereocenters. The van der Waals surface area contributed by atoms with Gasteiger partial charge >= 0.3 is 0 Å². The molecule has 0 spiro atoms. The summed E-state index contributed by atoms with van der Waals surface area (Å²) in [6.07, 6.45) is 2.91. The first-order valence-corrected chi connectivity index (χ1v) is 3.95. The van der Waals surface area contributed by atoms with Crippen molar-refractivity contribution in [3.8, 4) is 0 Å². The van der Waals surface area contributed by atoms with E-state index in [0.29, 0.717) is 5.82 Å².